The third-order valence-electron chi connectivity index (χ3n) is 3.34. The zero-order chi connectivity index (χ0) is 10.4. The van der Waals surface area contributed by atoms with Crippen LogP contribution in [0.5, 0.6) is 0 Å². The zero-order valence-corrected chi connectivity index (χ0v) is 8.29. The third kappa shape index (κ3) is 1.06. The summed E-state index contributed by atoms with van der Waals surface area (Å²) in [6.45, 7) is 0. The van der Waals surface area contributed by atoms with Gasteiger partial charge in [0.05, 0.1) is 0 Å². The molecule has 0 aliphatic heterocycles. The van der Waals surface area contributed by atoms with E-state index in [1.807, 2.05) is 6.07 Å². The first kappa shape index (κ1) is 8.65. The Morgan fingerprint density at radius 1 is 1.20 bits per heavy atom. The molecular weight excluding hydrogens is 190 g/mol. The van der Waals surface area contributed by atoms with Gasteiger partial charge < -0.3 is 5.21 Å². The van der Waals surface area contributed by atoms with E-state index in [0.717, 1.165) is 30.4 Å². The van der Waals surface area contributed by atoms with Crippen LogP contribution in [0.4, 0.5) is 0 Å². The van der Waals surface area contributed by atoms with Crippen LogP contribution in [0.3, 0.4) is 0 Å². The van der Waals surface area contributed by atoms with E-state index in [0.29, 0.717) is 6.42 Å². The van der Waals surface area contributed by atoms with Crippen LogP contribution in [0.15, 0.2) is 17.3 Å². The molecule has 0 amide bonds. The Morgan fingerprint density at radius 3 is 2.80 bits per heavy atom. The van der Waals surface area contributed by atoms with Crippen molar-refractivity contribution < 1.29 is 10.0 Å². The van der Waals surface area contributed by atoms with Gasteiger partial charge in [0, 0.05) is 12.0 Å². The van der Waals surface area contributed by atoms with Crippen molar-refractivity contribution in [2.24, 2.45) is 5.16 Å². The Bertz CT molecular complexity index is 489. The number of aryl methyl sites for hydroxylation is 1. The molecule has 0 saturated heterocycles. The smallest absolute Gasteiger partial charge is 0.211 e. The summed E-state index contributed by atoms with van der Waals surface area (Å²) in [6, 6.07) is 4.10. The highest BCUT2D eigenvalue weighted by molar-refractivity contribution is 6.49. The SMILES string of the molecule is O=C1C(=NO)Cc2ccc3c(c21)CCC3. The van der Waals surface area contributed by atoms with Crippen LogP contribution in [0.1, 0.15) is 33.5 Å². The maximum Gasteiger partial charge on any atom is 0.211 e. The van der Waals surface area contributed by atoms with Crippen LogP contribution in [0.2, 0.25) is 0 Å². The van der Waals surface area contributed by atoms with E-state index < -0.39 is 0 Å². The quantitative estimate of drug-likeness (QED) is 0.513. The third-order valence-corrected chi connectivity index (χ3v) is 3.34. The van der Waals surface area contributed by atoms with Gasteiger partial charge in [-0.05, 0) is 36.0 Å². The van der Waals surface area contributed by atoms with Crippen LogP contribution in [0.25, 0.3) is 0 Å². The van der Waals surface area contributed by atoms with Crippen molar-refractivity contribution in [2.45, 2.75) is 25.7 Å². The van der Waals surface area contributed by atoms with Gasteiger partial charge in [0.25, 0.3) is 0 Å². The molecule has 76 valence electrons. The molecule has 3 rings (SSSR count). The van der Waals surface area contributed by atoms with E-state index in [1.165, 1.54) is 11.1 Å². The molecule has 1 aromatic rings. The van der Waals surface area contributed by atoms with Gasteiger partial charge in [-0.15, -0.1) is 0 Å². The van der Waals surface area contributed by atoms with Gasteiger partial charge in [0.15, 0.2) is 0 Å². The van der Waals surface area contributed by atoms with Gasteiger partial charge in [-0.25, -0.2) is 0 Å². The first-order valence-corrected chi connectivity index (χ1v) is 5.20. The number of hydrogen-bond donors (Lipinski definition) is 1. The molecule has 0 unspecified atom stereocenters. The molecule has 2 aliphatic rings. The summed E-state index contributed by atoms with van der Waals surface area (Å²) < 4.78 is 0. The first-order valence-electron chi connectivity index (χ1n) is 5.20. The number of fused-ring (bicyclic) bond motifs is 3. The fourth-order valence-corrected chi connectivity index (χ4v) is 2.63. The van der Waals surface area contributed by atoms with Gasteiger partial charge in [0.1, 0.15) is 5.71 Å². The van der Waals surface area contributed by atoms with Gasteiger partial charge in [-0.3, -0.25) is 4.79 Å². The van der Waals surface area contributed by atoms with Gasteiger partial charge in [0.2, 0.25) is 5.78 Å². The van der Waals surface area contributed by atoms with Crippen LogP contribution >= 0.6 is 0 Å². The number of ketones is 1. The number of hydrogen-bond acceptors (Lipinski definition) is 3. The number of benzene rings is 1. The summed E-state index contributed by atoms with van der Waals surface area (Å²) in [7, 11) is 0. The molecule has 0 fully saturated rings. The molecule has 0 atom stereocenters. The van der Waals surface area contributed by atoms with Gasteiger partial charge >= 0.3 is 0 Å². The fourth-order valence-electron chi connectivity index (χ4n) is 2.63. The average molecular weight is 201 g/mol. The second-order valence-electron chi connectivity index (χ2n) is 4.14. The Morgan fingerprint density at radius 2 is 2.00 bits per heavy atom. The minimum absolute atomic E-state index is 0.0775. The molecule has 0 saturated carbocycles. The fraction of sp³-hybridized carbons (Fsp3) is 0.333. The van der Waals surface area contributed by atoms with Crippen LogP contribution < -0.4 is 0 Å². The average Bonchev–Trinajstić information content (AvgIpc) is 2.81. The van der Waals surface area contributed by atoms with E-state index >= 15 is 0 Å². The largest absolute Gasteiger partial charge is 0.411 e. The van der Waals surface area contributed by atoms with Crippen molar-refractivity contribution >= 4 is 11.5 Å². The normalized spacial score (nSPS) is 20.8. The molecule has 1 aromatic carbocycles. The van der Waals surface area contributed by atoms with Crippen LogP contribution in [-0.4, -0.2) is 16.7 Å². The summed E-state index contributed by atoms with van der Waals surface area (Å²) in [6.07, 6.45) is 3.67. The maximum atomic E-state index is 11.9. The second-order valence-corrected chi connectivity index (χ2v) is 4.14. The summed E-state index contributed by atoms with van der Waals surface area (Å²) >= 11 is 0. The molecule has 0 radical (unpaired) electrons. The molecular formula is C12H11NO2. The monoisotopic (exact) mass is 201 g/mol. The predicted molar refractivity (Wildman–Crippen MR) is 55.7 cm³/mol. The van der Waals surface area contributed by atoms with Crippen LogP contribution in [0, 0.1) is 0 Å². The number of rotatable bonds is 0. The summed E-state index contributed by atoms with van der Waals surface area (Å²) in [5, 5.41) is 11.8. The van der Waals surface area contributed by atoms with E-state index in [9.17, 15) is 4.79 Å². The Hall–Kier alpha value is -1.64. The Balaban J connectivity index is 2.24. The highest BCUT2D eigenvalue weighted by Crippen LogP contribution is 2.32. The molecule has 2 aliphatic carbocycles. The Labute approximate surface area is 87.4 Å². The van der Waals surface area contributed by atoms with E-state index in [2.05, 4.69) is 11.2 Å². The van der Waals surface area contributed by atoms with E-state index in [1.54, 1.807) is 0 Å². The zero-order valence-electron chi connectivity index (χ0n) is 8.29. The van der Waals surface area contributed by atoms with Gasteiger partial charge in [-0.2, -0.15) is 0 Å². The van der Waals surface area contributed by atoms with Crippen molar-refractivity contribution in [1.29, 1.82) is 0 Å². The molecule has 0 aromatic heterocycles. The molecule has 0 spiro atoms. The molecule has 3 heteroatoms. The Kier molecular flexibility index (Phi) is 1.69. The lowest BCUT2D eigenvalue weighted by molar-refractivity contribution is 0.106. The molecule has 0 heterocycles. The molecule has 1 N–H and O–H groups in total. The summed E-state index contributed by atoms with van der Waals surface area (Å²) in [4.78, 5) is 11.9. The molecule has 15 heavy (non-hydrogen) atoms. The lowest BCUT2D eigenvalue weighted by Crippen LogP contribution is -2.08. The van der Waals surface area contributed by atoms with Gasteiger partial charge in [-0.1, -0.05) is 17.3 Å². The number of oxime groups is 1. The number of carbonyl (C=O) groups excluding carboxylic acids is 1. The van der Waals surface area contributed by atoms with E-state index in [-0.39, 0.29) is 11.5 Å². The number of Topliss-reactive ketones (excluding diaryl/α,β-unsaturated/α-hetero) is 1. The summed E-state index contributed by atoms with van der Waals surface area (Å²) in [5.41, 5.74) is 4.61. The minimum atomic E-state index is -0.0775. The minimum Gasteiger partial charge on any atom is -0.411 e. The predicted octanol–water partition coefficient (Wildman–Crippen LogP) is 1.74. The topological polar surface area (TPSA) is 49.7 Å². The molecule has 0 bridgehead atoms. The highest BCUT2D eigenvalue weighted by atomic mass is 16.4. The van der Waals surface area contributed by atoms with E-state index in [4.69, 9.17) is 5.21 Å². The summed E-state index contributed by atoms with van der Waals surface area (Å²) in [5.74, 6) is -0.0775. The van der Waals surface area contributed by atoms with Crippen molar-refractivity contribution in [3.8, 4) is 0 Å². The first-order chi connectivity index (χ1) is 7.31. The van der Waals surface area contributed by atoms with Crippen molar-refractivity contribution in [2.75, 3.05) is 0 Å². The maximum absolute atomic E-state index is 11.9. The number of carbonyl (C=O) groups is 1. The highest BCUT2D eigenvalue weighted by Gasteiger charge is 2.31. The van der Waals surface area contributed by atoms with Crippen molar-refractivity contribution in [1.82, 2.24) is 0 Å². The molecule has 3 nitrogen and oxygen atoms in total. The lowest BCUT2D eigenvalue weighted by Gasteiger charge is -2.04. The second kappa shape index (κ2) is 2.92. The standard InChI is InChI=1S/C12H11NO2/c14-12-10(13-15)6-8-5-4-7-2-1-3-9(7)11(8)12/h4-5,15H,1-3,6H2. The number of nitrogens with zero attached hydrogens (tertiary/aromatic N) is 1. The lowest BCUT2D eigenvalue weighted by atomic mass is 9.99. The van der Waals surface area contributed by atoms with Crippen LogP contribution in [-0.2, 0) is 19.3 Å². The van der Waals surface area contributed by atoms with Crippen molar-refractivity contribution in [3.05, 3.63) is 34.4 Å². The van der Waals surface area contributed by atoms with Crippen molar-refractivity contribution in [3.63, 3.8) is 0 Å².